The van der Waals surface area contributed by atoms with Crippen LogP contribution in [0.15, 0.2) is 42.6 Å². The number of carbonyl (C=O) groups is 1. The highest BCUT2D eigenvalue weighted by Crippen LogP contribution is 2.20. The Bertz CT molecular complexity index is 752. The lowest BCUT2D eigenvalue weighted by atomic mass is 10.1. The third kappa shape index (κ3) is 4.38. The summed E-state index contributed by atoms with van der Waals surface area (Å²) in [5, 5.41) is 0. The first-order chi connectivity index (χ1) is 13.3. The Labute approximate surface area is 160 Å². The van der Waals surface area contributed by atoms with Crippen LogP contribution in [0, 0.1) is 0 Å². The summed E-state index contributed by atoms with van der Waals surface area (Å²) in [6, 6.07) is 11.9. The van der Waals surface area contributed by atoms with E-state index in [0.717, 1.165) is 56.6 Å². The maximum absolute atomic E-state index is 12.5. The Morgan fingerprint density at radius 3 is 2.33 bits per heavy atom. The van der Waals surface area contributed by atoms with Gasteiger partial charge in [-0.2, -0.15) is 4.98 Å². The third-order valence-corrected chi connectivity index (χ3v) is 5.42. The molecular weight excluding hydrogens is 338 g/mol. The van der Waals surface area contributed by atoms with Crippen molar-refractivity contribution < 1.29 is 4.79 Å². The molecule has 2 fully saturated rings. The maximum atomic E-state index is 12.5. The zero-order chi connectivity index (χ0) is 18.5. The number of rotatable bonds is 4. The number of anilines is 2. The number of carbonyl (C=O) groups excluding carboxylic acids is 1. The molecule has 0 aliphatic carbocycles. The molecule has 142 valence electrons. The van der Waals surface area contributed by atoms with Crippen LogP contribution in [0.25, 0.3) is 0 Å². The predicted octanol–water partition coefficient (Wildman–Crippen LogP) is 2.36. The Hall–Kier alpha value is -2.63. The van der Waals surface area contributed by atoms with Gasteiger partial charge in [-0.15, -0.1) is 0 Å². The zero-order valence-electron chi connectivity index (χ0n) is 15.8. The van der Waals surface area contributed by atoms with Crippen molar-refractivity contribution in [3.05, 3.63) is 48.2 Å². The summed E-state index contributed by atoms with van der Waals surface area (Å²) in [6.45, 7) is 5.22. The van der Waals surface area contributed by atoms with E-state index in [9.17, 15) is 4.79 Å². The minimum Gasteiger partial charge on any atom is -0.353 e. The molecular formula is C21H27N5O. The normalized spacial score (nSPS) is 17.9. The van der Waals surface area contributed by atoms with E-state index in [1.54, 1.807) is 0 Å². The minimum atomic E-state index is 0.206. The van der Waals surface area contributed by atoms with Gasteiger partial charge in [0, 0.05) is 45.5 Å². The Balaban J connectivity index is 1.34. The number of amides is 1. The predicted molar refractivity (Wildman–Crippen MR) is 107 cm³/mol. The van der Waals surface area contributed by atoms with Crippen molar-refractivity contribution in [2.45, 2.75) is 25.7 Å². The van der Waals surface area contributed by atoms with E-state index >= 15 is 0 Å². The van der Waals surface area contributed by atoms with Crippen molar-refractivity contribution in [2.75, 3.05) is 49.1 Å². The van der Waals surface area contributed by atoms with Crippen molar-refractivity contribution >= 4 is 17.7 Å². The lowest BCUT2D eigenvalue weighted by molar-refractivity contribution is -0.130. The topological polar surface area (TPSA) is 52.6 Å². The maximum Gasteiger partial charge on any atom is 0.227 e. The second-order valence-corrected chi connectivity index (χ2v) is 7.29. The molecule has 27 heavy (non-hydrogen) atoms. The van der Waals surface area contributed by atoms with Crippen LogP contribution in [-0.4, -0.2) is 60.0 Å². The molecule has 2 aliphatic heterocycles. The standard InChI is InChI=1S/C21H27N5O/c27-20(17-18-7-3-1-4-8-18)25-15-13-24(14-16-25)19-9-10-22-21(23-19)26-11-5-2-6-12-26/h1,3-4,7-10H,2,5-6,11-17H2. The van der Waals surface area contributed by atoms with Gasteiger partial charge in [0.05, 0.1) is 6.42 Å². The van der Waals surface area contributed by atoms with Gasteiger partial charge in [-0.3, -0.25) is 4.79 Å². The van der Waals surface area contributed by atoms with Gasteiger partial charge in [0.25, 0.3) is 0 Å². The van der Waals surface area contributed by atoms with Gasteiger partial charge in [-0.05, 0) is 30.9 Å². The molecule has 3 heterocycles. The fourth-order valence-corrected chi connectivity index (χ4v) is 3.83. The molecule has 2 saturated heterocycles. The van der Waals surface area contributed by atoms with Gasteiger partial charge >= 0.3 is 0 Å². The smallest absolute Gasteiger partial charge is 0.227 e. The summed E-state index contributed by atoms with van der Waals surface area (Å²) in [5.74, 6) is 2.02. The number of benzene rings is 1. The van der Waals surface area contributed by atoms with Crippen LogP contribution in [0.1, 0.15) is 24.8 Å². The monoisotopic (exact) mass is 365 g/mol. The highest BCUT2D eigenvalue weighted by molar-refractivity contribution is 5.79. The summed E-state index contributed by atoms with van der Waals surface area (Å²) in [4.78, 5) is 28.3. The molecule has 2 aliphatic rings. The summed E-state index contributed by atoms with van der Waals surface area (Å²) in [5.41, 5.74) is 1.08. The fourth-order valence-electron chi connectivity index (χ4n) is 3.83. The molecule has 6 heteroatoms. The Morgan fingerprint density at radius 1 is 0.852 bits per heavy atom. The number of hydrogen-bond donors (Lipinski definition) is 0. The fraction of sp³-hybridized carbons (Fsp3) is 0.476. The second-order valence-electron chi connectivity index (χ2n) is 7.29. The summed E-state index contributed by atoms with van der Waals surface area (Å²) in [6.07, 6.45) is 6.08. The molecule has 1 aromatic heterocycles. The van der Waals surface area contributed by atoms with Crippen molar-refractivity contribution in [3.8, 4) is 0 Å². The van der Waals surface area contributed by atoms with E-state index in [4.69, 9.17) is 4.98 Å². The summed E-state index contributed by atoms with van der Waals surface area (Å²) < 4.78 is 0. The largest absolute Gasteiger partial charge is 0.353 e. The van der Waals surface area contributed by atoms with E-state index < -0.39 is 0 Å². The SMILES string of the molecule is O=C(Cc1ccccc1)N1CCN(c2ccnc(N3CCCCC3)n2)CC1. The average molecular weight is 365 g/mol. The zero-order valence-corrected chi connectivity index (χ0v) is 15.8. The van der Waals surface area contributed by atoms with Gasteiger partial charge < -0.3 is 14.7 Å². The van der Waals surface area contributed by atoms with Crippen LogP contribution in [0.5, 0.6) is 0 Å². The number of piperidine rings is 1. The van der Waals surface area contributed by atoms with Crippen LogP contribution in [0.4, 0.5) is 11.8 Å². The summed E-state index contributed by atoms with van der Waals surface area (Å²) in [7, 11) is 0. The molecule has 0 radical (unpaired) electrons. The van der Waals surface area contributed by atoms with Gasteiger partial charge in [0.15, 0.2) is 0 Å². The minimum absolute atomic E-state index is 0.206. The van der Waals surface area contributed by atoms with Gasteiger partial charge in [0.2, 0.25) is 11.9 Å². The molecule has 0 spiro atoms. The molecule has 4 rings (SSSR count). The molecule has 0 atom stereocenters. The van der Waals surface area contributed by atoms with Crippen molar-refractivity contribution in [2.24, 2.45) is 0 Å². The molecule has 0 unspecified atom stereocenters. The quantitative estimate of drug-likeness (QED) is 0.833. The lowest BCUT2D eigenvalue weighted by Crippen LogP contribution is -2.49. The first-order valence-electron chi connectivity index (χ1n) is 9.94. The molecule has 0 N–H and O–H groups in total. The molecule has 1 amide bonds. The number of piperazine rings is 1. The molecule has 2 aromatic rings. The molecule has 0 saturated carbocycles. The van der Waals surface area contributed by atoms with Crippen LogP contribution in [0.3, 0.4) is 0 Å². The highest BCUT2D eigenvalue weighted by Gasteiger charge is 2.23. The van der Waals surface area contributed by atoms with Gasteiger partial charge in [0.1, 0.15) is 5.82 Å². The van der Waals surface area contributed by atoms with E-state index in [1.807, 2.05) is 47.5 Å². The van der Waals surface area contributed by atoms with Crippen LogP contribution in [0.2, 0.25) is 0 Å². The lowest BCUT2D eigenvalue weighted by Gasteiger charge is -2.36. The van der Waals surface area contributed by atoms with Crippen molar-refractivity contribution in [3.63, 3.8) is 0 Å². The molecule has 6 nitrogen and oxygen atoms in total. The van der Waals surface area contributed by atoms with Crippen molar-refractivity contribution in [1.82, 2.24) is 14.9 Å². The number of nitrogens with zero attached hydrogens (tertiary/aromatic N) is 5. The van der Waals surface area contributed by atoms with Gasteiger partial charge in [-0.25, -0.2) is 4.98 Å². The highest BCUT2D eigenvalue weighted by atomic mass is 16.2. The Kier molecular flexibility index (Phi) is 5.51. The average Bonchev–Trinajstić information content (AvgIpc) is 2.75. The van der Waals surface area contributed by atoms with Gasteiger partial charge in [-0.1, -0.05) is 30.3 Å². The Morgan fingerprint density at radius 2 is 1.59 bits per heavy atom. The number of aromatic nitrogens is 2. The van der Waals surface area contributed by atoms with E-state index in [1.165, 1.54) is 19.3 Å². The first kappa shape index (κ1) is 17.8. The van der Waals surface area contributed by atoms with Crippen LogP contribution < -0.4 is 9.80 Å². The van der Waals surface area contributed by atoms with E-state index in [2.05, 4.69) is 14.8 Å². The number of hydrogen-bond acceptors (Lipinski definition) is 5. The molecule has 1 aromatic carbocycles. The van der Waals surface area contributed by atoms with E-state index in [0.29, 0.717) is 6.42 Å². The third-order valence-electron chi connectivity index (χ3n) is 5.42. The van der Waals surface area contributed by atoms with Crippen LogP contribution in [-0.2, 0) is 11.2 Å². The first-order valence-corrected chi connectivity index (χ1v) is 9.94. The van der Waals surface area contributed by atoms with Crippen molar-refractivity contribution in [1.29, 1.82) is 0 Å². The summed E-state index contributed by atoms with van der Waals surface area (Å²) >= 11 is 0. The van der Waals surface area contributed by atoms with E-state index in [-0.39, 0.29) is 5.91 Å². The van der Waals surface area contributed by atoms with Crippen LogP contribution >= 0.6 is 0 Å². The molecule has 0 bridgehead atoms. The second kappa shape index (κ2) is 8.37.